The minimum absolute atomic E-state index is 1.02. The first-order valence-electron chi connectivity index (χ1n) is 7.95. The second-order valence-corrected chi connectivity index (χ2v) is 6.08. The third-order valence-electron chi connectivity index (χ3n) is 4.77. The third kappa shape index (κ3) is 1.90. The molecule has 0 saturated heterocycles. The Morgan fingerprint density at radius 2 is 1.57 bits per heavy atom. The van der Waals surface area contributed by atoms with E-state index in [1.807, 2.05) is 12.3 Å². The Morgan fingerprint density at radius 1 is 0.696 bits per heavy atom. The van der Waals surface area contributed by atoms with Gasteiger partial charge >= 0.3 is 0 Å². The molecule has 1 aliphatic carbocycles. The fraction of sp³-hybridized carbons (Fsp3) is 0.0455. The highest BCUT2D eigenvalue weighted by Crippen LogP contribution is 2.41. The van der Waals surface area contributed by atoms with Crippen molar-refractivity contribution in [1.82, 2.24) is 4.98 Å². The molecule has 1 heteroatoms. The van der Waals surface area contributed by atoms with Gasteiger partial charge in [0.15, 0.2) is 0 Å². The van der Waals surface area contributed by atoms with Crippen molar-refractivity contribution in [2.45, 2.75) is 6.42 Å². The summed E-state index contributed by atoms with van der Waals surface area (Å²) in [4.78, 5) is 4.50. The van der Waals surface area contributed by atoms with E-state index in [0.29, 0.717) is 0 Å². The molecule has 108 valence electrons. The number of hydrogen-bond donors (Lipinski definition) is 0. The van der Waals surface area contributed by atoms with Crippen molar-refractivity contribution in [2.75, 3.05) is 0 Å². The number of hydrogen-bond acceptors (Lipinski definition) is 1. The van der Waals surface area contributed by atoms with Crippen LogP contribution in [0.5, 0.6) is 0 Å². The predicted octanol–water partition coefficient (Wildman–Crippen LogP) is 5.47. The molecule has 1 heterocycles. The van der Waals surface area contributed by atoms with E-state index < -0.39 is 0 Å². The molecule has 0 fully saturated rings. The van der Waals surface area contributed by atoms with Gasteiger partial charge in [0.2, 0.25) is 0 Å². The van der Waals surface area contributed by atoms with Crippen molar-refractivity contribution in [3.63, 3.8) is 0 Å². The maximum atomic E-state index is 4.50. The van der Waals surface area contributed by atoms with Gasteiger partial charge in [-0.15, -0.1) is 0 Å². The van der Waals surface area contributed by atoms with Crippen molar-refractivity contribution in [3.05, 3.63) is 90.1 Å². The zero-order chi connectivity index (χ0) is 15.2. The van der Waals surface area contributed by atoms with E-state index in [1.165, 1.54) is 38.8 Å². The summed E-state index contributed by atoms with van der Waals surface area (Å²) in [5.41, 5.74) is 9.24. The predicted molar refractivity (Wildman–Crippen MR) is 95.4 cm³/mol. The molecule has 0 spiro atoms. The fourth-order valence-electron chi connectivity index (χ4n) is 3.66. The molecule has 0 bridgehead atoms. The summed E-state index contributed by atoms with van der Waals surface area (Å²) in [6.07, 6.45) is 2.87. The Bertz CT molecular complexity index is 1050. The van der Waals surface area contributed by atoms with Gasteiger partial charge in [-0.1, -0.05) is 60.7 Å². The van der Waals surface area contributed by atoms with E-state index in [-0.39, 0.29) is 0 Å². The SMILES string of the molecule is c1ccc2c(c1)Cc1c(-c3ccc4cccnc4c3)cccc1-2. The van der Waals surface area contributed by atoms with Crippen LogP contribution in [0.3, 0.4) is 0 Å². The van der Waals surface area contributed by atoms with Crippen LogP contribution in [-0.4, -0.2) is 4.98 Å². The van der Waals surface area contributed by atoms with Crippen LogP contribution in [0.2, 0.25) is 0 Å². The van der Waals surface area contributed by atoms with E-state index in [2.05, 4.69) is 71.7 Å². The number of benzene rings is 3. The van der Waals surface area contributed by atoms with Gasteiger partial charge in [-0.3, -0.25) is 4.98 Å². The first kappa shape index (κ1) is 12.6. The Hall–Kier alpha value is -2.93. The number of pyridine rings is 1. The first-order chi connectivity index (χ1) is 11.4. The lowest BCUT2D eigenvalue weighted by Crippen LogP contribution is -1.88. The molecule has 0 unspecified atom stereocenters. The monoisotopic (exact) mass is 293 g/mol. The summed E-state index contributed by atoms with van der Waals surface area (Å²) in [6.45, 7) is 0. The van der Waals surface area contributed by atoms with E-state index in [0.717, 1.165) is 11.9 Å². The standard InChI is InChI=1S/C22H15N/c1-2-7-18-16(5-1)13-21-19(8-3-9-20(18)21)17-11-10-15-6-4-12-23-22(15)14-17/h1-12,14H,13H2. The topological polar surface area (TPSA) is 12.9 Å². The number of rotatable bonds is 1. The molecule has 1 aliphatic rings. The van der Waals surface area contributed by atoms with Crippen molar-refractivity contribution < 1.29 is 0 Å². The Kier molecular flexibility index (Phi) is 2.62. The maximum Gasteiger partial charge on any atom is 0.0708 e. The second kappa shape index (κ2) is 4.79. The second-order valence-electron chi connectivity index (χ2n) is 6.08. The number of aromatic nitrogens is 1. The molecule has 0 amide bonds. The van der Waals surface area contributed by atoms with Crippen LogP contribution in [0.15, 0.2) is 79.0 Å². The number of fused-ring (bicyclic) bond motifs is 4. The van der Waals surface area contributed by atoms with Gasteiger partial charge in [-0.05, 0) is 51.9 Å². The highest BCUT2D eigenvalue weighted by atomic mass is 14.6. The van der Waals surface area contributed by atoms with Crippen molar-refractivity contribution in [1.29, 1.82) is 0 Å². The van der Waals surface area contributed by atoms with E-state index in [4.69, 9.17) is 0 Å². The lowest BCUT2D eigenvalue weighted by molar-refractivity contribution is 1.26. The summed E-state index contributed by atoms with van der Waals surface area (Å²) >= 11 is 0. The molecule has 0 radical (unpaired) electrons. The normalized spacial score (nSPS) is 12.2. The fourth-order valence-corrected chi connectivity index (χ4v) is 3.66. The molecule has 1 aromatic heterocycles. The Labute approximate surface area is 135 Å². The van der Waals surface area contributed by atoms with Gasteiger partial charge in [-0.2, -0.15) is 0 Å². The molecule has 1 nitrogen and oxygen atoms in total. The van der Waals surface area contributed by atoms with Gasteiger partial charge in [0.05, 0.1) is 5.52 Å². The van der Waals surface area contributed by atoms with Gasteiger partial charge in [0.25, 0.3) is 0 Å². The van der Waals surface area contributed by atoms with Gasteiger partial charge < -0.3 is 0 Å². The largest absolute Gasteiger partial charge is 0.256 e. The molecular weight excluding hydrogens is 278 g/mol. The van der Waals surface area contributed by atoms with E-state index in [1.54, 1.807) is 0 Å². The van der Waals surface area contributed by atoms with Crippen LogP contribution in [0.4, 0.5) is 0 Å². The molecule has 4 aromatic rings. The highest BCUT2D eigenvalue weighted by Gasteiger charge is 2.20. The smallest absolute Gasteiger partial charge is 0.0708 e. The summed E-state index contributed by atoms with van der Waals surface area (Å²) in [7, 11) is 0. The minimum atomic E-state index is 1.02. The van der Waals surface area contributed by atoms with E-state index >= 15 is 0 Å². The maximum absolute atomic E-state index is 4.50. The van der Waals surface area contributed by atoms with E-state index in [9.17, 15) is 0 Å². The lowest BCUT2D eigenvalue weighted by Gasteiger charge is -2.09. The summed E-state index contributed by atoms with van der Waals surface area (Å²) < 4.78 is 0. The molecule has 0 atom stereocenters. The highest BCUT2D eigenvalue weighted by molar-refractivity contribution is 5.89. The van der Waals surface area contributed by atoms with Crippen LogP contribution in [0, 0.1) is 0 Å². The summed E-state index contributed by atoms with van der Waals surface area (Å²) in [5, 5.41) is 1.19. The van der Waals surface area contributed by atoms with Crippen LogP contribution >= 0.6 is 0 Å². The summed E-state index contributed by atoms with van der Waals surface area (Å²) in [5.74, 6) is 0. The Balaban J connectivity index is 1.73. The van der Waals surface area contributed by atoms with Crippen LogP contribution < -0.4 is 0 Å². The molecular formula is C22H15N. The average Bonchev–Trinajstić information content (AvgIpc) is 3.00. The first-order valence-corrected chi connectivity index (χ1v) is 7.95. The van der Waals surface area contributed by atoms with Crippen molar-refractivity contribution in [3.8, 4) is 22.3 Å². The van der Waals surface area contributed by atoms with Crippen LogP contribution in [-0.2, 0) is 6.42 Å². The van der Waals surface area contributed by atoms with Gasteiger partial charge in [0.1, 0.15) is 0 Å². The van der Waals surface area contributed by atoms with Crippen molar-refractivity contribution >= 4 is 10.9 Å². The number of nitrogens with zero attached hydrogens (tertiary/aromatic N) is 1. The quantitative estimate of drug-likeness (QED) is 0.399. The third-order valence-corrected chi connectivity index (χ3v) is 4.77. The van der Waals surface area contributed by atoms with Crippen LogP contribution in [0.1, 0.15) is 11.1 Å². The zero-order valence-electron chi connectivity index (χ0n) is 12.7. The molecule has 0 saturated carbocycles. The van der Waals surface area contributed by atoms with Gasteiger partial charge in [-0.25, -0.2) is 0 Å². The summed E-state index contributed by atoms with van der Waals surface area (Å²) in [6, 6.07) is 26.0. The van der Waals surface area contributed by atoms with Crippen molar-refractivity contribution in [2.24, 2.45) is 0 Å². The Morgan fingerprint density at radius 3 is 2.57 bits per heavy atom. The zero-order valence-corrected chi connectivity index (χ0v) is 12.7. The molecule has 3 aromatic carbocycles. The molecule has 23 heavy (non-hydrogen) atoms. The molecule has 0 aliphatic heterocycles. The van der Waals surface area contributed by atoms with Crippen LogP contribution in [0.25, 0.3) is 33.2 Å². The lowest BCUT2D eigenvalue weighted by atomic mass is 9.95. The van der Waals surface area contributed by atoms with Gasteiger partial charge in [0, 0.05) is 11.6 Å². The molecule has 5 rings (SSSR count). The minimum Gasteiger partial charge on any atom is -0.256 e. The average molecular weight is 293 g/mol. The molecule has 0 N–H and O–H groups in total.